The average molecular weight is 275 g/mol. The van der Waals surface area contributed by atoms with E-state index in [9.17, 15) is 14.0 Å². The van der Waals surface area contributed by atoms with E-state index in [1.54, 1.807) is 0 Å². The molecule has 0 bridgehead atoms. The predicted molar refractivity (Wildman–Crippen MR) is 73.2 cm³/mol. The van der Waals surface area contributed by atoms with E-state index in [-0.39, 0.29) is 11.5 Å². The van der Waals surface area contributed by atoms with Crippen LogP contribution in [0.4, 0.5) is 4.39 Å². The van der Waals surface area contributed by atoms with Crippen molar-refractivity contribution in [3.63, 3.8) is 0 Å². The summed E-state index contributed by atoms with van der Waals surface area (Å²) in [7, 11) is 0. The normalized spacial score (nSPS) is 9.90. The van der Waals surface area contributed by atoms with Crippen molar-refractivity contribution < 1.29 is 19.1 Å². The molecule has 2 N–H and O–H groups in total. The molecule has 0 aromatic heterocycles. The molecule has 0 radical (unpaired) electrons. The fraction of sp³-hybridized carbons (Fsp3) is 0.200. The van der Waals surface area contributed by atoms with E-state index >= 15 is 0 Å². The molecule has 4 nitrogen and oxygen atoms in total. The molecule has 20 heavy (non-hydrogen) atoms. The lowest BCUT2D eigenvalue weighted by atomic mass is 10.1. The van der Waals surface area contributed by atoms with Gasteiger partial charge in [-0.05, 0) is 24.3 Å². The number of amides is 1. The maximum atomic E-state index is 13.4. The average Bonchev–Trinajstić information content (AvgIpc) is 2.38. The van der Waals surface area contributed by atoms with Crippen LogP contribution in [0.25, 0.3) is 6.08 Å². The van der Waals surface area contributed by atoms with Crippen molar-refractivity contribution in [1.82, 2.24) is 5.32 Å². The van der Waals surface area contributed by atoms with Crippen LogP contribution >= 0.6 is 0 Å². The molecule has 0 aliphatic carbocycles. The van der Waals surface area contributed by atoms with Gasteiger partial charge in [0.05, 0.1) is 0 Å². The Morgan fingerprint density at radius 3 is 2.85 bits per heavy atom. The molecule has 0 unspecified atom stereocenters. The zero-order valence-corrected chi connectivity index (χ0v) is 10.9. The molecule has 5 heteroatoms. The molecular formula is C15H14FNO3. The molecule has 0 saturated heterocycles. The number of carboxylic acids is 1. The van der Waals surface area contributed by atoms with Gasteiger partial charge in [0.25, 0.3) is 0 Å². The number of hydrogen-bond acceptors (Lipinski definition) is 2. The number of halogens is 1. The van der Waals surface area contributed by atoms with E-state index in [1.165, 1.54) is 31.2 Å². The maximum Gasteiger partial charge on any atom is 0.328 e. The summed E-state index contributed by atoms with van der Waals surface area (Å²) in [5, 5.41) is 11.1. The Labute approximate surface area is 116 Å². The van der Waals surface area contributed by atoms with Gasteiger partial charge in [0.15, 0.2) is 0 Å². The molecule has 1 rings (SSSR count). The lowest BCUT2D eigenvalue weighted by molar-refractivity contribution is -0.131. The maximum absolute atomic E-state index is 13.4. The first kappa shape index (κ1) is 15.4. The van der Waals surface area contributed by atoms with Crippen molar-refractivity contribution in [2.75, 3.05) is 6.54 Å². The highest BCUT2D eigenvalue weighted by Gasteiger charge is 2.00. The third kappa shape index (κ3) is 5.83. The Morgan fingerprint density at radius 2 is 2.20 bits per heavy atom. The van der Waals surface area contributed by atoms with Crippen molar-refractivity contribution in [2.45, 2.75) is 13.3 Å². The molecule has 0 atom stereocenters. The summed E-state index contributed by atoms with van der Waals surface area (Å²) in [6.07, 6.45) is 2.53. The standard InChI is InChI=1S/C15H14FNO3/c1-11(18)17-9-3-2-4-12-5-7-14(16)13(10-12)6-8-15(19)20/h5-8,10H,3,9H2,1H3,(H,17,18)(H,19,20)/b8-6+. The number of carbonyl (C=O) groups excluding carboxylic acids is 1. The second kappa shape index (κ2) is 7.74. The van der Waals surface area contributed by atoms with Gasteiger partial charge in [-0.15, -0.1) is 0 Å². The first-order valence-corrected chi connectivity index (χ1v) is 5.93. The van der Waals surface area contributed by atoms with Crippen LogP contribution in [-0.2, 0) is 9.59 Å². The van der Waals surface area contributed by atoms with Crippen molar-refractivity contribution in [3.8, 4) is 11.8 Å². The number of hydrogen-bond donors (Lipinski definition) is 2. The summed E-state index contributed by atoms with van der Waals surface area (Å²) in [5.41, 5.74) is 0.750. The predicted octanol–water partition coefficient (Wildman–Crippen LogP) is 1.80. The fourth-order valence-electron chi connectivity index (χ4n) is 1.38. The fourth-order valence-corrected chi connectivity index (χ4v) is 1.38. The Balaban J connectivity index is 2.72. The van der Waals surface area contributed by atoms with Crippen LogP contribution in [0.15, 0.2) is 24.3 Å². The Bertz CT molecular complexity index is 597. The van der Waals surface area contributed by atoms with Crippen LogP contribution in [0.5, 0.6) is 0 Å². The van der Waals surface area contributed by atoms with Crippen molar-refractivity contribution in [3.05, 3.63) is 41.2 Å². The number of nitrogens with one attached hydrogen (secondary N) is 1. The molecule has 104 valence electrons. The first-order chi connectivity index (χ1) is 9.49. The number of carbonyl (C=O) groups is 2. The monoisotopic (exact) mass is 275 g/mol. The third-order valence-corrected chi connectivity index (χ3v) is 2.26. The van der Waals surface area contributed by atoms with Gasteiger partial charge in [-0.3, -0.25) is 4.79 Å². The highest BCUT2D eigenvalue weighted by Crippen LogP contribution is 2.11. The highest BCUT2D eigenvalue weighted by atomic mass is 19.1. The minimum Gasteiger partial charge on any atom is -0.478 e. The summed E-state index contributed by atoms with van der Waals surface area (Å²) in [4.78, 5) is 21.0. The van der Waals surface area contributed by atoms with Gasteiger partial charge in [0.1, 0.15) is 5.82 Å². The smallest absolute Gasteiger partial charge is 0.328 e. The van der Waals surface area contributed by atoms with E-state index < -0.39 is 11.8 Å². The van der Waals surface area contributed by atoms with Crippen LogP contribution < -0.4 is 5.32 Å². The van der Waals surface area contributed by atoms with Crippen molar-refractivity contribution in [2.24, 2.45) is 0 Å². The van der Waals surface area contributed by atoms with E-state index in [0.717, 1.165) is 6.08 Å². The van der Waals surface area contributed by atoms with Crippen molar-refractivity contribution >= 4 is 18.0 Å². The minimum atomic E-state index is -1.14. The zero-order chi connectivity index (χ0) is 15.0. The van der Waals surface area contributed by atoms with Gasteiger partial charge >= 0.3 is 5.97 Å². The van der Waals surface area contributed by atoms with Crippen LogP contribution in [-0.4, -0.2) is 23.5 Å². The van der Waals surface area contributed by atoms with Gasteiger partial charge < -0.3 is 10.4 Å². The minimum absolute atomic E-state index is 0.116. The SMILES string of the molecule is CC(=O)NCCC#Cc1ccc(F)c(/C=C/C(=O)O)c1. The number of rotatable bonds is 4. The largest absolute Gasteiger partial charge is 0.478 e. The Morgan fingerprint density at radius 1 is 1.45 bits per heavy atom. The summed E-state index contributed by atoms with van der Waals surface area (Å²) >= 11 is 0. The second-order valence-electron chi connectivity index (χ2n) is 3.94. The Hall–Kier alpha value is -2.61. The number of carboxylic acid groups (broad SMARTS) is 1. The van der Waals surface area contributed by atoms with Gasteiger partial charge in [-0.2, -0.15) is 0 Å². The molecule has 1 aromatic rings. The third-order valence-electron chi connectivity index (χ3n) is 2.26. The highest BCUT2D eigenvalue weighted by molar-refractivity contribution is 5.85. The lowest BCUT2D eigenvalue weighted by Crippen LogP contribution is -2.20. The summed E-state index contributed by atoms with van der Waals surface area (Å²) < 4.78 is 13.4. The van der Waals surface area contributed by atoms with Gasteiger partial charge in [-0.1, -0.05) is 11.8 Å². The quantitative estimate of drug-likeness (QED) is 0.500. The van der Waals surface area contributed by atoms with E-state index in [1.807, 2.05) is 0 Å². The molecule has 0 spiro atoms. The van der Waals surface area contributed by atoms with Crippen LogP contribution in [0.1, 0.15) is 24.5 Å². The summed E-state index contributed by atoms with van der Waals surface area (Å²) in [5.74, 6) is 3.90. The molecule has 1 amide bonds. The van der Waals surface area contributed by atoms with E-state index in [0.29, 0.717) is 18.5 Å². The molecule has 0 aliphatic heterocycles. The van der Waals surface area contributed by atoms with E-state index in [2.05, 4.69) is 17.2 Å². The first-order valence-electron chi connectivity index (χ1n) is 5.93. The van der Waals surface area contributed by atoms with Gasteiger partial charge in [0.2, 0.25) is 5.91 Å². The molecule has 0 aliphatic rings. The number of benzene rings is 1. The second-order valence-corrected chi connectivity index (χ2v) is 3.94. The zero-order valence-electron chi connectivity index (χ0n) is 10.9. The molecule has 0 saturated carbocycles. The molecule has 0 fully saturated rings. The van der Waals surface area contributed by atoms with E-state index in [4.69, 9.17) is 5.11 Å². The van der Waals surface area contributed by atoms with Crippen LogP contribution in [0.3, 0.4) is 0 Å². The summed E-state index contributed by atoms with van der Waals surface area (Å²) in [6.45, 7) is 1.88. The topological polar surface area (TPSA) is 66.4 Å². The Kier molecular flexibility index (Phi) is 5.98. The molecular weight excluding hydrogens is 261 g/mol. The van der Waals surface area contributed by atoms with Crippen LogP contribution in [0, 0.1) is 17.7 Å². The summed E-state index contributed by atoms with van der Waals surface area (Å²) in [6, 6.07) is 4.22. The number of aliphatic carboxylic acids is 1. The van der Waals surface area contributed by atoms with Gasteiger partial charge in [-0.25, -0.2) is 9.18 Å². The molecule has 1 aromatic carbocycles. The van der Waals surface area contributed by atoms with Crippen molar-refractivity contribution in [1.29, 1.82) is 0 Å². The van der Waals surface area contributed by atoms with Crippen LogP contribution in [0.2, 0.25) is 0 Å². The van der Waals surface area contributed by atoms with Gasteiger partial charge in [0, 0.05) is 37.1 Å². The lowest BCUT2D eigenvalue weighted by Gasteiger charge is -1.98. The molecule has 0 heterocycles.